The molecule has 3 N–H and O–H groups in total. The first-order chi connectivity index (χ1) is 15.1. The predicted molar refractivity (Wildman–Crippen MR) is 128 cm³/mol. The van der Waals surface area contributed by atoms with Crippen LogP contribution in [0.15, 0.2) is 72.8 Å². The van der Waals surface area contributed by atoms with Crippen LogP contribution in [0.3, 0.4) is 0 Å². The summed E-state index contributed by atoms with van der Waals surface area (Å²) in [5, 5.41) is 3.50. The minimum absolute atomic E-state index is 0.186. The largest absolute Gasteiger partial charge is 0.457 e. The summed E-state index contributed by atoms with van der Waals surface area (Å²) in [5.41, 5.74) is 7.63. The molecule has 0 aliphatic heterocycles. The summed E-state index contributed by atoms with van der Waals surface area (Å²) in [7, 11) is -3.70. The number of hydrogen-bond donors (Lipinski definition) is 2. The summed E-state index contributed by atoms with van der Waals surface area (Å²) in [6.45, 7) is 1.80. The fourth-order valence-corrected chi connectivity index (χ4v) is 4.03. The number of sulfonamides is 1. The Morgan fingerprint density at radius 2 is 1.53 bits per heavy atom. The van der Waals surface area contributed by atoms with Crippen LogP contribution in [0.25, 0.3) is 0 Å². The summed E-state index contributed by atoms with van der Waals surface area (Å²) < 4.78 is 31.9. The molecule has 0 saturated heterocycles. The summed E-state index contributed by atoms with van der Waals surface area (Å²) in [6, 6.07) is 19.9. The molecule has 0 unspecified atom stereocenters. The van der Waals surface area contributed by atoms with Crippen molar-refractivity contribution in [2.45, 2.75) is 13.0 Å². The van der Waals surface area contributed by atoms with Crippen LogP contribution in [0.4, 0.5) is 11.4 Å². The van der Waals surface area contributed by atoms with Crippen molar-refractivity contribution >= 4 is 38.9 Å². The molecule has 3 rings (SSSR count). The van der Waals surface area contributed by atoms with Gasteiger partial charge < -0.3 is 15.8 Å². The number of benzene rings is 3. The molecule has 32 heavy (non-hydrogen) atoms. The topological polar surface area (TPSA) is 102 Å². The van der Waals surface area contributed by atoms with Crippen molar-refractivity contribution in [3.8, 4) is 11.5 Å². The molecule has 0 fully saturated rings. The van der Waals surface area contributed by atoms with Crippen molar-refractivity contribution in [3.05, 3.63) is 83.4 Å². The van der Waals surface area contributed by atoms with E-state index < -0.39 is 22.0 Å². The van der Waals surface area contributed by atoms with E-state index in [2.05, 4.69) is 5.32 Å². The number of carbonyl (C=O) groups is 1. The van der Waals surface area contributed by atoms with Gasteiger partial charge in [0.1, 0.15) is 17.5 Å². The zero-order valence-electron chi connectivity index (χ0n) is 17.7. The Bertz CT molecular complexity index is 1170. The Kier molecular flexibility index (Phi) is 7.27. The lowest BCUT2D eigenvalue weighted by molar-refractivity contribution is -0.118. The highest BCUT2D eigenvalue weighted by atomic mass is 35.5. The van der Waals surface area contributed by atoms with Crippen LogP contribution in [0.5, 0.6) is 11.5 Å². The van der Waals surface area contributed by atoms with Gasteiger partial charge in [0, 0.05) is 10.7 Å². The van der Waals surface area contributed by atoms with Crippen LogP contribution < -0.4 is 20.1 Å². The van der Waals surface area contributed by atoms with Gasteiger partial charge in [0.25, 0.3) is 0 Å². The molecule has 7 nitrogen and oxygen atoms in total. The van der Waals surface area contributed by atoms with Crippen molar-refractivity contribution in [1.29, 1.82) is 0 Å². The molecule has 0 spiro atoms. The second-order valence-corrected chi connectivity index (χ2v) is 9.65. The summed E-state index contributed by atoms with van der Waals surface area (Å²) in [4.78, 5) is 12.0. The predicted octanol–water partition coefficient (Wildman–Crippen LogP) is 4.17. The molecule has 0 radical (unpaired) electrons. The molecule has 0 heterocycles. The smallest absolute Gasteiger partial charge is 0.241 e. The number of primary amides is 1. The standard InChI is InChI=1S/C23H24ClN3O4S/c1-16-3-11-20(12-4-16)31-21-13-9-19(10-14-21)27(32(2,29)30)15-22(23(25)28)26-18-7-5-17(24)6-8-18/h3-14,22,26H,15H2,1-2H3,(H2,25,28)/t22-/m0/s1. The fourth-order valence-electron chi connectivity index (χ4n) is 2.97. The summed E-state index contributed by atoms with van der Waals surface area (Å²) in [5.74, 6) is 0.536. The number of hydrogen-bond acceptors (Lipinski definition) is 5. The molecular formula is C23H24ClN3O4S. The number of nitrogens with zero attached hydrogens (tertiary/aromatic N) is 1. The number of amides is 1. The maximum Gasteiger partial charge on any atom is 0.241 e. The van der Waals surface area contributed by atoms with Crippen molar-refractivity contribution in [1.82, 2.24) is 0 Å². The molecule has 0 aromatic heterocycles. The SMILES string of the molecule is Cc1ccc(Oc2ccc(N(C[C@H](Nc3ccc(Cl)cc3)C(N)=O)S(C)(=O)=O)cc2)cc1. The quantitative estimate of drug-likeness (QED) is 0.485. The highest BCUT2D eigenvalue weighted by Crippen LogP contribution is 2.26. The Morgan fingerprint density at radius 1 is 1.00 bits per heavy atom. The van der Waals surface area contributed by atoms with Gasteiger partial charge in [0.05, 0.1) is 18.5 Å². The van der Waals surface area contributed by atoms with Crippen LogP contribution >= 0.6 is 11.6 Å². The van der Waals surface area contributed by atoms with Gasteiger partial charge in [-0.15, -0.1) is 0 Å². The van der Waals surface area contributed by atoms with E-state index in [-0.39, 0.29) is 6.54 Å². The first kappa shape index (κ1) is 23.4. The third kappa shape index (κ3) is 6.38. The van der Waals surface area contributed by atoms with Gasteiger partial charge in [0.15, 0.2) is 0 Å². The molecule has 3 aromatic rings. The monoisotopic (exact) mass is 473 g/mol. The number of ether oxygens (including phenoxy) is 1. The number of rotatable bonds is 9. The number of anilines is 2. The van der Waals surface area contributed by atoms with Crippen LogP contribution in [-0.4, -0.2) is 33.2 Å². The van der Waals surface area contributed by atoms with Gasteiger partial charge in [-0.2, -0.15) is 0 Å². The average Bonchev–Trinajstić information content (AvgIpc) is 2.74. The molecule has 0 bridgehead atoms. The van der Waals surface area contributed by atoms with Crippen molar-refractivity contribution in [2.24, 2.45) is 5.73 Å². The fraction of sp³-hybridized carbons (Fsp3) is 0.174. The molecule has 0 aliphatic rings. The van der Waals surface area contributed by atoms with Gasteiger partial charge >= 0.3 is 0 Å². The van der Waals surface area contributed by atoms with Crippen molar-refractivity contribution < 1.29 is 17.9 Å². The number of halogens is 1. The Morgan fingerprint density at radius 3 is 2.03 bits per heavy atom. The summed E-state index contributed by atoms with van der Waals surface area (Å²) in [6.07, 6.45) is 1.07. The molecule has 0 aliphatic carbocycles. The Labute approximate surface area is 192 Å². The number of nitrogens with two attached hydrogens (primary N) is 1. The highest BCUT2D eigenvalue weighted by molar-refractivity contribution is 7.92. The van der Waals surface area contributed by atoms with E-state index in [0.29, 0.717) is 27.9 Å². The molecule has 0 saturated carbocycles. The molecule has 9 heteroatoms. The number of carbonyl (C=O) groups excluding carboxylic acids is 1. The molecule has 168 valence electrons. The van der Waals surface area contributed by atoms with Crippen molar-refractivity contribution in [3.63, 3.8) is 0 Å². The second kappa shape index (κ2) is 9.93. The number of aryl methyl sites for hydroxylation is 1. The second-order valence-electron chi connectivity index (χ2n) is 7.31. The van der Waals surface area contributed by atoms with E-state index in [9.17, 15) is 13.2 Å². The zero-order valence-corrected chi connectivity index (χ0v) is 19.2. The number of nitrogens with one attached hydrogen (secondary N) is 1. The van der Waals surface area contributed by atoms with E-state index >= 15 is 0 Å². The Hall–Kier alpha value is -3.23. The molecule has 1 amide bonds. The van der Waals surface area contributed by atoms with E-state index in [1.54, 1.807) is 48.5 Å². The highest BCUT2D eigenvalue weighted by Gasteiger charge is 2.25. The van der Waals surface area contributed by atoms with Crippen molar-refractivity contribution in [2.75, 3.05) is 22.4 Å². The lowest BCUT2D eigenvalue weighted by atomic mass is 10.2. The lowest BCUT2D eigenvalue weighted by Gasteiger charge is -2.27. The van der Waals surface area contributed by atoms with Gasteiger partial charge in [-0.1, -0.05) is 29.3 Å². The summed E-state index contributed by atoms with van der Waals surface area (Å²) >= 11 is 5.89. The minimum Gasteiger partial charge on any atom is -0.457 e. The first-order valence-corrected chi connectivity index (χ1v) is 12.0. The van der Waals surface area contributed by atoms with Crippen LogP contribution in [0.1, 0.15) is 5.56 Å². The maximum atomic E-state index is 12.5. The normalized spacial score (nSPS) is 12.1. The van der Waals surface area contributed by atoms with Gasteiger partial charge in [-0.25, -0.2) is 8.42 Å². The minimum atomic E-state index is -3.70. The third-order valence-corrected chi connectivity index (χ3v) is 6.07. The maximum absolute atomic E-state index is 12.5. The van der Waals surface area contributed by atoms with Crippen LogP contribution in [0, 0.1) is 6.92 Å². The van der Waals surface area contributed by atoms with E-state index in [1.165, 1.54) is 0 Å². The van der Waals surface area contributed by atoms with Crippen LogP contribution in [-0.2, 0) is 14.8 Å². The van der Waals surface area contributed by atoms with Gasteiger partial charge in [-0.05, 0) is 67.6 Å². The van der Waals surface area contributed by atoms with E-state index in [0.717, 1.165) is 16.1 Å². The Balaban J connectivity index is 1.79. The zero-order chi connectivity index (χ0) is 23.3. The van der Waals surface area contributed by atoms with Gasteiger partial charge in [-0.3, -0.25) is 9.10 Å². The third-order valence-electron chi connectivity index (χ3n) is 4.66. The molecule has 1 atom stereocenters. The average molecular weight is 474 g/mol. The lowest BCUT2D eigenvalue weighted by Crippen LogP contribution is -2.47. The van der Waals surface area contributed by atoms with E-state index in [1.807, 2.05) is 31.2 Å². The van der Waals surface area contributed by atoms with Crippen LogP contribution in [0.2, 0.25) is 5.02 Å². The molecular weight excluding hydrogens is 450 g/mol. The van der Waals surface area contributed by atoms with E-state index in [4.69, 9.17) is 22.1 Å². The first-order valence-electron chi connectivity index (χ1n) is 9.75. The van der Waals surface area contributed by atoms with Gasteiger partial charge in [0.2, 0.25) is 15.9 Å². The molecule has 3 aromatic carbocycles.